The van der Waals surface area contributed by atoms with E-state index in [-0.39, 0.29) is 6.04 Å². The zero-order valence-corrected chi connectivity index (χ0v) is 13.6. The molecule has 2 unspecified atom stereocenters. The first-order valence-electron chi connectivity index (χ1n) is 8.28. The van der Waals surface area contributed by atoms with E-state index in [1.807, 2.05) is 35.0 Å². The van der Waals surface area contributed by atoms with Crippen molar-refractivity contribution in [1.82, 2.24) is 29.8 Å². The Labute approximate surface area is 140 Å². The van der Waals surface area contributed by atoms with Crippen LogP contribution in [0.4, 0.5) is 0 Å². The molecule has 1 aliphatic rings. The molecule has 3 aromatic rings. The third-order valence-corrected chi connectivity index (χ3v) is 4.62. The van der Waals surface area contributed by atoms with E-state index in [2.05, 4.69) is 32.0 Å². The minimum atomic E-state index is 0.0889. The molecule has 0 aliphatic carbocycles. The van der Waals surface area contributed by atoms with Crippen molar-refractivity contribution >= 4 is 0 Å². The second kappa shape index (κ2) is 6.52. The van der Waals surface area contributed by atoms with E-state index in [1.54, 1.807) is 12.7 Å². The molecule has 4 rings (SSSR count). The molecule has 0 bridgehead atoms. The predicted molar refractivity (Wildman–Crippen MR) is 87.9 cm³/mol. The Bertz CT molecular complexity index is 770. The van der Waals surface area contributed by atoms with Gasteiger partial charge in [-0.1, -0.05) is 35.5 Å². The lowest BCUT2D eigenvalue weighted by Gasteiger charge is -2.28. The van der Waals surface area contributed by atoms with Crippen LogP contribution in [0.3, 0.4) is 0 Å². The highest BCUT2D eigenvalue weighted by Crippen LogP contribution is 2.30. The van der Waals surface area contributed by atoms with Crippen molar-refractivity contribution in [3.63, 3.8) is 0 Å². The maximum atomic E-state index is 5.54. The van der Waals surface area contributed by atoms with E-state index in [4.69, 9.17) is 4.52 Å². The zero-order valence-electron chi connectivity index (χ0n) is 13.6. The topological polar surface area (TPSA) is 72.9 Å². The Hall–Kier alpha value is -2.54. The van der Waals surface area contributed by atoms with Gasteiger partial charge in [-0.2, -0.15) is 10.1 Å². The van der Waals surface area contributed by atoms with E-state index in [9.17, 15) is 0 Å². The number of aromatic nitrogens is 5. The maximum Gasteiger partial charge on any atom is 0.244 e. The fraction of sp³-hybridized carbons (Fsp3) is 0.412. The van der Waals surface area contributed by atoms with Gasteiger partial charge in [0.05, 0.1) is 12.6 Å². The van der Waals surface area contributed by atoms with Gasteiger partial charge in [-0.3, -0.25) is 9.58 Å². The van der Waals surface area contributed by atoms with Crippen LogP contribution >= 0.6 is 0 Å². The summed E-state index contributed by atoms with van der Waals surface area (Å²) in [6.07, 6.45) is 5.65. The minimum Gasteiger partial charge on any atom is -0.337 e. The van der Waals surface area contributed by atoms with Crippen molar-refractivity contribution in [2.75, 3.05) is 6.54 Å². The number of likely N-dealkylation sites (tertiary alicyclic amines) is 1. The number of hydrogen-bond acceptors (Lipinski definition) is 6. The first-order chi connectivity index (χ1) is 11.8. The largest absolute Gasteiger partial charge is 0.337 e. The Balaban J connectivity index is 1.50. The molecule has 0 amide bonds. The number of rotatable bonds is 5. The highest BCUT2D eigenvalue weighted by Gasteiger charge is 2.32. The van der Waals surface area contributed by atoms with Crippen LogP contribution in [0.2, 0.25) is 0 Å². The smallest absolute Gasteiger partial charge is 0.244 e. The van der Waals surface area contributed by atoms with E-state index < -0.39 is 0 Å². The molecule has 1 saturated heterocycles. The quantitative estimate of drug-likeness (QED) is 0.718. The summed E-state index contributed by atoms with van der Waals surface area (Å²) >= 11 is 0. The fourth-order valence-corrected chi connectivity index (χ4v) is 3.36. The molecule has 1 aromatic carbocycles. The van der Waals surface area contributed by atoms with Crippen molar-refractivity contribution in [1.29, 1.82) is 0 Å². The third-order valence-electron chi connectivity index (χ3n) is 4.62. The Morgan fingerprint density at radius 2 is 2.17 bits per heavy atom. The van der Waals surface area contributed by atoms with Crippen molar-refractivity contribution in [2.24, 2.45) is 0 Å². The molecule has 3 heterocycles. The molecule has 124 valence electrons. The lowest BCUT2D eigenvalue weighted by molar-refractivity contribution is 0.144. The molecule has 2 atom stereocenters. The predicted octanol–water partition coefficient (Wildman–Crippen LogP) is 2.55. The maximum absolute atomic E-state index is 5.54. The average Bonchev–Trinajstić information content (AvgIpc) is 3.37. The molecule has 2 aromatic heterocycles. The highest BCUT2D eigenvalue weighted by molar-refractivity contribution is 5.53. The lowest BCUT2D eigenvalue weighted by atomic mass is 10.2. The number of hydrogen-bond donors (Lipinski definition) is 0. The lowest BCUT2D eigenvalue weighted by Crippen LogP contribution is -2.35. The Morgan fingerprint density at radius 1 is 1.29 bits per heavy atom. The second-order valence-corrected chi connectivity index (χ2v) is 6.15. The van der Waals surface area contributed by atoms with Crippen LogP contribution in [0.1, 0.15) is 31.7 Å². The first-order valence-corrected chi connectivity index (χ1v) is 8.28. The molecular weight excluding hydrogens is 304 g/mol. The van der Waals surface area contributed by atoms with Gasteiger partial charge in [-0.25, -0.2) is 4.98 Å². The molecule has 7 heteroatoms. The SMILES string of the molecule is CC(c1nc(-c2ccccc2)no1)N1CCCC1Cn1cncn1. The Kier molecular flexibility index (Phi) is 4.08. The molecule has 24 heavy (non-hydrogen) atoms. The Morgan fingerprint density at radius 3 is 2.96 bits per heavy atom. The van der Waals surface area contributed by atoms with Crippen LogP contribution in [0.15, 0.2) is 47.5 Å². The molecule has 1 aliphatic heterocycles. The molecule has 0 spiro atoms. The van der Waals surface area contributed by atoms with Crippen molar-refractivity contribution in [3.05, 3.63) is 48.9 Å². The average molecular weight is 324 g/mol. The van der Waals surface area contributed by atoms with Gasteiger partial charge in [-0.05, 0) is 26.3 Å². The van der Waals surface area contributed by atoms with E-state index in [0.29, 0.717) is 17.8 Å². The van der Waals surface area contributed by atoms with Crippen LogP contribution in [-0.2, 0) is 6.54 Å². The summed E-state index contributed by atoms with van der Waals surface area (Å²) in [6.45, 7) is 4.00. The summed E-state index contributed by atoms with van der Waals surface area (Å²) in [5, 5.41) is 8.36. The van der Waals surface area contributed by atoms with Crippen molar-refractivity contribution in [2.45, 2.75) is 38.4 Å². The van der Waals surface area contributed by atoms with Gasteiger partial charge in [0.2, 0.25) is 11.7 Å². The molecule has 0 saturated carbocycles. The van der Waals surface area contributed by atoms with E-state index in [0.717, 1.165) is 25.1 Å². The van der Waals surface area contributed by atoms with Crippen LogP contribution in [0.5, 0.6) is 0 Å². The van der Waals surface area contributed by atoms with Crippen LogP contribution in [-0.4, -0.2) is 42.4 Å². The van der Waals surface area contributed by atoms with Crippen LogP contribution in [0.25, 0.3) is 11.4 Å². The second-order valence-electron chi connectivity index (χ2n) is 6.15. The number of benzene rings is 1. The normalized spacial score (nSPS) is 19.6. The van der Waals surface area contributed by atoms with Gasteiger partial charge in [0.15, 0.2) is 0 Å². The third kappa shape index (κ3) is 2.94. The number of nitrogens with zero attached hydrogens (tertiary/aromatic N) is 6. The van der Waals surface area contributed by atoms with E-state index in [1.165, 1.54) is 6.42 Å². The van der Waals surface area contributed by atoms with Gasteiger partial charge in [0.25, 0.3) is 0 Å². The van der Waals surface area contributed by atoms with Crippen molar-refractivity contribution in [3.8, 4) is 11.4 Å². The van der Waals surface area contributed by atoms with E-state index >= 15 is 0 Å². The summed E-state index contributed by atoms with van der Waals surface area (Å²) in [6, 6.07) is 10.4. The van der Waals surface area contributed by atoms with Crippen LogP contribution < -0.4 is 0 Å². The van der Waals surface area contributed by atoms with Gasteiger partial charge >= 0.3 is 0 Å². The highest BCUT2D eigenvalue weighted by atomic mass is 16.5. The first kappa shape index (κ1) is 15.0. The summed E-state index contributed by atoms with van der Waals surface area (Å²) < 4.78 is 7.43. The molecule has 0 radical (unpaired) electrons. The van der Waals surface area contributed by atoms with Gasteiger partial charge in [0, 0.05) is 11.6 Å². The standard InChI is InChI=1S/C17H20N6O/c1-13(17-20-16(21-24-17)14-6-3-2-4-7-14)23-9-5-8-15(23)10-22-12-18-11-19-22/h2-4,6-7,11-13,15H,5,8-10H2,1H3. The van der Waals surface area contributed by atoms with Gasteiger partial charge in [0.1, 0.15) is 12.7 Å². The molecule has 1 fully saturated rings. The molecular formula is C17H20N6O. The fourth-order valence-electron chi connectivity index (χ4n) is 3.36. The van der Waals surface area contributed by atoms with Crippen molar-refractivity contribution < 1.29 is 4.52 Å². The van der Waals surface area contributed by atoms with Gasteiger partial charge < -0.3 is 4.52 Å². The summed E-state index contributed by atoms with van der Waals surface area (Å²) in [7, 11) is 0. The van der Waals surface area contributed by atoms with Crippen LogP contribution in [0, 0.1) is 0 Å². The summed E-state index contributed by atoms with van der Waals surface area (Å²) in [4.78, 5) is 11.0. The monoisotopic (exact) mass is 324 g/mol. The molecule has 7 nitrogen and oxygen atoms in total. The summed E-state index contributed by atoms with van der Waals surface area (Å²) in [5.74, 6) is 1.31. The summed E-state index contributed by atoms with van der Waals surface area (Å²) in [5.41, 5.74) is 0.972. The molecule has 0 N–H and O–H groups in total. The minimum absolute atomic E-state index is 0.0889. The van der Waals surface area contributed by atoms with Gasteiger partial charge in [-0.15, -0.1) is 0 Å². The zero-order chi connectivity index (χ0) is 16.4.